The van der Waals surface area contributed by atoms with Gasteiger partial charge in [-0.3, -0.25) is 4.79 Å². The van der Waals surface area contributed by atoms with Crippen LogP contribution in [-0.2, 0) is 6.54 Å². The van der Waals surface area contributed by atoms with Gasteiger partial charge in [0, 0.05) is 25.2 Å². The van der Waals surface area contributed by atoms with Gasteiger partial charge in [0.2, 0.25) is 0 Å². The van der Waals surface area contributed by atoms with Crippen molar-refractivity contribution in [3.63, 3.8) is 0 Å². The molecule has 7 nitrogen and oxygen atoms in total. The molecule has 1 amide bonds. The zero-order valence-electron chi connectivity index (χ0n) is 21.2. The van der Waals surface area contributed by atoms with Crippen molar-refractivity contribution in [2.24, 2.45) is 0 Å². The summed E-state index contributed by atoms with van der Waals surface area (Å²) in [5.74, 6) is 1.43. The van der Waals surface area contributed by atoms with Gasteiger partial charge >= 0.3 is 0 Å². The standard InChI is InChI=1S/C29H32N4O3/c1-31(2)18-19-32(21-22-8-6-5-7-9-22)29(34)28-20-27(23-10-14-25(35-3)15-11-23)30-33(28)24-12-16-26(36-4)17-13-24/h5-17,20H,18-19,21H2,1-4H3. The first kappa shape index (κ1) is 25.0. The Bertz CT molecular complexity index is 1270. The van der Waals surface area contributed by atoms with E-state index in [4.69, 9.17) is 14.6 Å². The van der Waals surface area contributed by atoms with E-state index in [1.165, 1.54) is 0 Å². The molecule has 4 rings (SSSR count). The number of rotatable bonds is 10. The molecule has 186 valence electrons. The van der Waals surface area contributed by atoms with Crippen molar-refractivity contribution in [1.82, 2.24) is 19.6 Å². The van der Waals surface area contributed by atoms with Crippen molar-refractivity contribution in [3.05, 3.63) is 96.2 Å². The molecule has 0 saturated heterocycles. The molecule has 0 unspecified atom stereocenters. The molecule has 0 aliphatic rings. The fraction of sp³-hybridized carbons (Fsp3) is 0.241. The molecule has 3 aromatic carbocycles. The van der Waals surface area contributed by atoms with E-state index in [0.717, 1.165) is 34.9 Å². The molecule has 7 heteroatoms. The lowest BCUT2D eigenvalue weighted by molar-refractivity contribution is 0.0722. The predicted octanol–water partition coefficient (Wildman–Crippen LogP) is 4.76. The average Bonchev–Trinajstić information content (AvgIpc) is 3.36. The smallest absolute Gasteiger partial charge is 0.272 e. The summed E-state index contributed by atoms with van der Waals surface area (Å²) >= 11 is 0. The summed E-state index contributed by atoms with van der Waals surface area (Å²) in [6.07, 6.45) is 0. The van der Waals surface area contributed by atoms with Crippen LogP contribution in [0, 0.1) is 0 Å². The van der Waals surface area contributed by atoms with Gasteiger partial charge in [-0.2, -0.15) is 5.10 Å². The molecule has 0 N–H and O–H groups in total. The van der Waals surface area contributed by atoms with Crippen molar-refractivity contribution in [2.75, 3.05) is 41.4 Å². The van der Waals surface area contributed by atoms with Gasteiger partial charge in [-0.15, -0.1) is 0 Å². The van der Waals surface area contributed by atoms with Gasteiger partial charge in [-0.05, 0) is 74.3 Å². The number of aromatic nitrogens is 2. The van der Waals surface area contributed by atoms with Crippen LogP contribution < -0.4 is 9.47 Å². The molecule has 0 bridgehead atoms. The number of hydrogen-bond donors (Lipinski definition) is 0. The van der Waals surface area contributed by atoms with E-state index in [2.05, 4.69) is 4.90 Å². The highest BCUT2D eigenvalue weighted by molar-refractivity contribution is 5.94. The van der Waals surface area contributed by atoms with Crippen LogP contribution in [0.25, 0.3) is 16.9 Å². The number of carbonyl (C=O) groups is 1. The van der Waals surface area contributed by atoms with Crippen molar-refractivity contribution in [2.45, 2.75) is 6.54 Å². The van der Waals surface area contributed by atoms with Crippen LogP contribution in [0.4, 0.5) is 0 Å². The van der Waals surface area contributed by atoms with Crippen molar-refractivity contribution >= 4 is 5.91 Å². The van der Waals surface area contributed by atoms with E-state index < -0.39 is 0 Å². The Hall–Kier alpha value is -4.10. The number of carbonyl (C=O) groups excluding carboxylic acids is 1. The van der Waals surface area contributed by atoms with Crippen molar-refractivity contribution in [3.8, 4) is 28.4 Å². The number of amides is 1. The number of nitrogens with zero attached hydrogens (tertiary/aromatic N) is 4. The summed E-state index contributed by atoms with van der Waals surface area (Å²) in [7, 11) is 7.29. The topological polar surface area (TPSA) is 59.8 Å². The molecule has 0 fully saturated rings. The Kier molecular flexibility index (Phi) is 8.02. The van der Waals surface area contributed by atoms with Crippen LogP contribution in [0.1, 0.15) is 16.1 Å². The fourth-order valence-electron chi connectivity index (χ4n) is 3.90. The predicted molar refractivity (Wildman–Crippen MR) is 142 cm³/mol. The zero-order valence-corrected chi connectivity index (χ0v) is 21.2. The summed E-state index contributed by atoms with van der Waals surface area (Å²) in [5, 5.41) is 4.84. The zero-order chi connectivity index (χ0) is 25.5. The Morgan fingerprint density at radius 1 is 0.833 bits per heavy atom. The lowest BCUT2D eigenvalue weighted by atomic mass is 10.1. The lowest BCUT2D eigenvalue weighted by Gasteiger charge is -2.25. The van der Waals surface area contributed by atoms with Crippen molar-refractivity contribution < 1.29 is 14.3 Å². The maximum absolute atomic E-state index is 14.0. The minimum Gasteiger partial charge on any atom is -0.497 e. The first-order valence-electron chi connectivity index (χ1n) is 11.9. The van der Waals surface area contributed by atoms with Crippen LogP contribution >= 0.6 is 0 Å². The van der Waals surface area contributed by atoms with E-state index in [0.29, 0.717) is 24.5 Å². The van der Waals surface area contributed by atoms with Gasteiger partial charge in [0.15, 0.2) is 0 Å². The normalized spacial score (nSPS) is 10.9. The molecule has 0 atom stereocenters. The van der Waals surface area contributed by atoms with Gasteiger partial charge in [0.05, 0.1) is 25.6 Å². The summed E-state index contributed by atoms with van der Waals surface area (Å²) in [5.41, 5.74) is 3.98. The quantitative estimate of drug-likeness (QED) is 0.325. The molecule has 1 aromatic heterocycles. The van der Waals surface area contributed by atoms with Crippen molar-refractivity contribution in [1.29, 1.82) is 0 Å². The van der Waals surface area contributed by atoms with E-state index >= 15 is 0 Å². The molecule has 36 heavy (non-hydrogen) atoms. The monoisotopic (exact) mass is 484 g/mol. The molecule has 0 aliphatic heterocycles. The Morgan fingerprint density at radius 2 is 1.44 bits per heavy atom. The van der Waals surface area contributed by atoms with E-state index in [1.807, 2.05) is 104 Å². The molecule has 4 aromatic rings. The van der Waals surface area contributed by atoms with Gasteiger partial charge in [0.1, 0.15) is 17.2 Å². The van der Waals surface area contributed by atoms with Gasteiger partial charge in [-0.1, -0.05) is 30.3 Å². The molecular weight excluding hydrogens is 452 g/mol. The second-order valence-electron chi connectivity index (χ2n) is 8.77. The van der Waals surface area contributed by atoms with Gasteiger partial charge in [-0.25, -0.2) is 4.68 Å². The average molecular weight is 485 g/mol. The first-order valence-corrected chi connectivity index (χ1v) is 11.9. The number of ether oxygens (including phenoxy) is 2. The summed E-state index contributed by atoms with van der Waals surface area (Å²) < 4.78 is 12.3. The van der Waals surface area contributed by atoms with Crippen LogP contribution in [-0.4, -0.2) is 66.9 Å². The third kappa shape index (κ3) is 5.93. The van der Waals surface area contributed by atoms with E-state index in [1.54, 1.807) is 18.9 Å². The Morgan fingerprint density at radius 3 is 2.03 bits per heavy atom. The summed E-state index contributed by atoms with van der Waals surface area (Å²) in [4.78, 5) is 18.0. The van der Waals surface area contributed by atoms with E-state index in [9.17, 15) is 4.79 Å². The molecule has 1 heterocycles. The molecular formula is C29H32N4O3. The second kappa shape index (κ2) is 11.6. The second-order valence-corrected chi connectivity index (χ2v) is 8.77. The lowest BCUT2D eigenvalue weighted by Crippen LogP contribution is -2.37. The highest BCUT2D eigenvalue weighted by Gasteiger charge is 2.23. The molecule has 0 aliphatic carbocycles. The number of benzene rings is 3. The van der Waals surface area contributed by atoms with Crippen LogP contribution in [0.2, 0.25) is 0 Å². The summed E-state index contributed by atoms with van der Waals surface area (Å²) in [6.45, 7) is 1.85. The molecule has 0 saturated carbocycles. The highest BCUT2D eigenvalue weighted by Crippen LogP contribution is 2.26. The third-order valence-electron chi connectivity index (χ3n) is 5.95. The molecule has 0 radical (unpaired) electrons. The third-order valence-corrected chi connectivity index (χ3v) is 5.95. The first-order chi connectivity index (χ1) is 17.5. The highest BCUT2D eigenvalue weighted by atomic mass is 16.5. The van der Waals surface area contributed by atoms with Crippen LogP contribution in [0.3, 0.4) is 0 Å². The number of methoxy groups -OCH3 is 2. The van der Waals surface area contributed by atoms with E-state index in [-0.39, 0.29) is 5.91 Å². The maximum Gasteiger partial charge on any atom is 0.272 e. The number of hydrogen-bond acceptors (Lipinski definition) is 5. The minimum atomic E-state index is -0.0798. The van der Waals surface area contributed by atoms with Gasteiger partial charge < -0.3 is 19.3 Å². The van der Waals surface area contributed by atoms with Gasteiger partial charge in [0.25, 0.3) is 5.91 Å². The minimum absolute atomic E-state index is 0.0798. The summed E-state index contributed by atoms with van der Waals surface area (Å²) in [6, 6.07) is 27.1. The number of likely N-dealkylation sites (N-methyl/N-ethyl adjacent to an activating group) is 1. The van der Waals surface area contributed by atoms with Crippen LogP contribution in [0.15, 0.2) is 84.9 Å². The Labute approximate surface area is 212 Å². The largest absolute Gasteiger partial charge is 0.497 e. The fourth-order valence-corrected chi connectivity index (χ4v) is 3.90. The van der Waals surface area contributed by atoms with Crippen LogP contribution in [0.5, 0.6) is 11.5 Å². The Balaban J connectivity index is 1.75. The SMILES string of the molecule is COc1ccc(-c2cc(C(=O)N(CCN(C)C)Cc3ccccc3)n(-c3ccc(OC)cc3)n2)cc1. The maximum atomic E-state index is 14.0. The molecule has 0 spiro atoms.